The van der Waals surface area contributed by atoms with Gasteiger partial charge in [0.05, 0.1) is 5.75 Å². The molecule has 0 saturated heterocycles. The van der Waals surface area contributed by atoms with Crippen LogP contribution in [0.4, 0.5) is 4.39 Å². The number of rotatable bonds is 6. The number of nitrogens with zero attached hydrogens (tertiary/aromatic N) is 1. The van der Waals surface area contributed by atoms with Crippen molar-refractivity contribution < 1.29 is 17.5 Å². The fourth-order valence-corrected chi connectivity index (χ4v) is 4.94. The third kappa shape index (κ3) is 4.39. The summed E-state index contributed by atoms with van der Waals surface area (Å²) in [6.07, 6.45) is 1.68. The molecule has 0 aliphatic carbocycles. The van der Waals surface area contributed by atoms with E-state index in [0.29, 0.717) is 50.1 Å². The lowest BCUT2D eigenvalue weighted by Gasteiger charge is -2.19. The highest BCUT2D eigenvalue weighted by Gasteiger charge is 2.21. The summed E-state index contributed by atoms with van der Waals surface area (Å²) in [5, 5.41) is 2.10. The van der Waals surface area contributed by atoms with Gasteiger partial charge in [-0.05, 0) is 60.2 Å². The van der Waals surface area contributed by atoms with E-state index in [0.717, 1.165) is 5.41 Å². The molecule has 4 rings (SSSR count). The van der Waals surface area contributed by atoms with E-state index in [2.05, 4.69) is 6.58 Å². The quantitative estimate of drug-likeness (QED) is 0.351. The van der Waals surface area contributed by atoms with Gasteiger partial charge in [-0.3, -0.25) is 4.79 Å². The average molecular weight is 478 g/mol. The molecule has 174 valence electrons. The van der Waals surface area contributed by atoms with E-state index in [1.165, 1.54) is 16.7 Å². The molecule has 0 aliphatic rings. The normalized spacial score (nSPS) is 11.5. The van der Waals surface area contributed by atoms with E-state index in [-0.39, 0.29) is 17.1 Å². The Kier molecular flexibility index (Phi) is 6.15. The van der Waals surface area contributed by atoms with Crippen LogP contribution in [0.25, 0.3) is 21.9 Å². The molecule has 34 heavy (non-hydrogen) atoms. The number of fused-ring (bicyclic) bond motifs is 1. The van der Waals surface area contributed by atoms with E-state index in [1.807, 2.05) is 12.1 Å². The molecule has 0 unspecified atom stereocenters. The predicted octanol–water partition coefficient (Wildman–Crippen LogP) is 5.81. The molecule has 0 radical (unpaired) electrons. The Morgan fingerprint density at radius 2 is 1.68 bits per heavy atom. The van der Waals surface area contributed by atoms with Crippen LogP contribution in [0.15, 0.2) is 77.6 Å². The van der Waals surface area contributed by atoms with E-state index in [9.17, 15) is 17.6 Å². The predicted molar refractivity (Wildman–Crippen MR) is 133 cm³/mol. The van der Waals surface area contributed by atoms with Crippen LogP contribution < -0.4 is 10.3 Å². The highest BCUT2D eigenvalue weighted by molar-refractivity contribution is 7.93. The van der Waals surface area contributed by atoms with Crippen LogP contribution in [0.3, 0.4) is 0 Å². The van der Waals surface area contributed by atoms with Gasteiger partial charge in [-0.1, -0.05) is 36.9 Å². The largest absolute Gasteiger partial charge is 0.456 e. The lowest BCUT2D eigenvalue weighted by molar-refractivity contribution is 0.473. The summed E-state index contributed by atoms with van der Waals surface area (Å²) in [4.78, 5) is 12.8. The second-order valence-electron chi connectivity index (χ2n) is 8.24. The van der Waals surface area contributed by atoms with E-state index in [4.69, 9.17) is 4.74 Å². The Morgan fingerprint density at radius 1 is 1.03 bits per heavy atom. The Hall–Kier alpha value is -3.71. The fraction of sp³-hybridized carbons (Fsp3) is 0.148. The number of pyridine rings is 1. The number of benzene rings is 3. The maximum atomic E-state index is 13.9. The van der Waals surface area contributed by atoms with Gasteiger partial charge in [-0.15, -0.1) is 0 Å². The number of ether oxygens (including phenoxy) is 1. The van der Waals surface area contributed by atoms with Gasteiger partial charge in [-0.25, -0.2) is 12.8 Å². The SMILES string of the molecule is C=CS(=O)(=O)Cc1cccc(Oc2c(C)cc(F)cc2C)c1-c1cn(C)c(=O)c2ccccc12. The summed E-state index contributed by atoms with van der Waals surface area (Å²) in [6, 6.07) is 15.1. The van der Waals surface area contributed by atoms with E-state index in [1.54, 1.807) is 57.4 Å². The van der Waals surface area contributed by atoms with Crippen LogP contribution >= 0.6 is 0 Å². The number of aromatic nitrogens is 1. The number of hydrogen-bond acceptors (Lipinski definition) is 4. The Labute approximate surface area is 197 Å². The average Bonchev–Trinajstić information content (AvgIpc) is 2.79. The Bertz CT molecular complexity index is 1580. The molecule has 0 spiro atoms. The topological polar surface area (TPSA) is 65.4 Å². The number of hydrogen-bond donors (Lipinski definition) is 0. The van der Waals surface area contributed by atoms with Crippen molar-refractivity contribution in [1.29, 1.82) is 0 Å². The maximum absolute atomic E-state index is 13.9. The number of halogens is 1. The molecule has 0 fully saturated rings. The molecular formula is C27H24FNO4S. The lowest BCUT2D eigenvalue weighted by atomic mass is 9.96. The molecule has 0 atom stereocenters. The standard InChI is InChI=1S/C27H24FNO4S/c1-5-34(31,32)16-19-9-8-12-24(33-26-17(2)13-20(28)14-18(26)3)25(19)23-15-29(4)27(30)22-11-7-6-10-21(22)23/h5-15H,1,16H2,2-4H3. The van der Waals surface area contributed by atoms with Gasteiger partial charge < -0.3 is 9.30 Å². The molecule has 0 N–H and O–H groups in total. The van der Waals surface area contributed by atoms with Crippen LogP contribution in [0, 0.1) is 19.7 Å². The van der Waals surface area contributed by atoms with Crippen LogP contribution in [0.2, 0.25) is 0 Å². The molecule has 5 nitrogen and oxygen atoms in total. The van der Waals surface area contributed by atoms with Crippen molar-refractivity contribution >= 4 is 20.6 Å². The van der Waals surface area contributed by atoms with Crippen molar-refractivity contribution in [2.45, 2.75) is 19.6 Å². The van der Waals surface area contributed by atoms with Crippen molar-refractivity contribution in [2.75, 3.05) is 0 Å². The zero-order valence-corrected chi connectivity index (χ0v) is 19.9. The summed E-state index contributed by atoms with van der Waals surface area (Å²) in [5.74, 6) is 0.234. The first-order chi connectivity index (χ1) is 16.1. The van der Waals surface area contributed by atoms with Gasteiger partial charge in [0.15, 0.2) is 9.84 Å². The second-order valence-corrected chi connectivity index (χ2v) is 10.2. The third-order valence-electron chi connectivity index (χ3n) is 5.72. The van der Waals surface area contributed by atoms with Gasteiger partial charge in [0.2, 0.25) is 0 Å². The summed E-state index contributed by atoms with van der Waals surface area (Å²) >= 11 is 0. The molecule has 1 aromatic heterocycles. The second kappa shape index (κ2) is 8.91. The van der Waals surface area contributed by atoms with Gasteiger partial charge in [0.25, 0.3) is 5.56 Å². The molecule has 3 aromatic carbocycles. The molecular weight excluding hydrogens is 453 g/mol. The van der Waals surface area contributed by atoms with Gasteiger partial charge >= 0.3 is 0 Å². The monoisotopic (exact) mass is 477 g/mol. The first kappa shape index (κ1) is 23.4. The minimum atomic E-state index is -3.60. The van der Waals surface area contributed by atoms with E-state index < -0.39 is 9.84 Å². The lowest BCUT2D eigenvalue weighted by Crippen LogP contribution is -2.17. The van der Waals surface area contributed by atoms with Gasteiger partial charge in [-0.2, -0.15) is 0 Å². The third-order valence-corrected chi connectivity index (χ3v) is 6.94. The molecule has 0 bridgehead atoms. The highest BCUT2D eigenvalue weighted by atomic mass is 32.2. The zero-order valence-electron chi connectivity index (χ0n) is 19.1. The Morgan fingerprint density at radius 3 is 2.32 bits per heavy atom. The van der Waals surface area contributed by atoms with Crippen molar-refractivity contribution in [3.63, 3.8) is 0 Å². The summed E-state index contributed by atoms with van der Waals surface area (Å²) < 4.78 is 46.6. The van der Waals surface area contributed by atoms with Crippen molar-refractivity contribution in [3.05, 3.63) is 106 Å². The number of sulfone groups is 1. The van der Waals surface area contributed by atoms with Gasteiger partial charge in [0, 0.05) is 35.2 Å². The minimum absolute atomic E-state index is 0.164. The summed E-state index contributed by atoms with van der Waals surface area (Å²) in [6.45, 7) is 6.93. The maximum Gasteiger partial charge on any atom is 0.258 e. The molecule has 4 aromatic rings. The minimum Gasteiger partial charge on any atom is -0.456 e. The summed E-state index contributed by atoms with van der Waals surface area (Å²) in [7, 11) is -1.95. The van der Waals surface area contributed by atoms with Crippen molar-refractivity contribution in [1.82, 2.24) is 4.57 Å². The number of aryl methyl sites for hydroxylation is 3. The molecule has 7 heteroatoms. The van der Waals surface area contributed by atoms with Crippen molar-refractivity contribution in [2.24, 2.45) is 7.05 Å². The zero-order chi connectivity index (χ0) is 24.6. The first-order valence-corrected chi connectivity index (χ1v) is 12.3. The first-order valence-electron chi connectivity index (χ1n) is 10.6. The van der Waals surface area contributed by atoms with Crippen LogP contribution in [0.5, 0.6) is 11.5 Å². The molecule has 0 aliphatic heterocycles. The van der Waals surface area contributed by atoms with Crippen molar-refractivity contribution in [3.8, 4) is 22.6 Å². The fourth-order valence-electron chi connectivity index (χ4n) is 4.15. The van der Waals surface area contributed by atoms with E-state index >= 15 is 0 Å². The summed E-state index contributed by atoms with van der Waals surface area (Å²) in [5.41, 5.74) is 2.75. The molecule has 0 saturated carbocycles. The van der Waals surface area contributed by atoms with Crippen LogP contribution in [-0.4, -0.2) is 13.0 Å². The van der Waals surface area contributed by atoms with Crippen LogP contribution in [-0.2, 0) is 22.6 Å². The molecule has 0 amide bonds. The molecule has 1 heterocycles. The van der Waals surface area contributed by atoms with Crippen LogP contribution in [0.1, 0.15) is 16.7 Å². The highest BCUT2D eigenvalue weighted by Crippen LogP contribution is 2.41. The Balaban J connectivity index is 2.05. The smallest absolute Gasteiger partial charge is 0.258 e. The van der Waals surface area contributed by atoms with Gasteiger partial charge in [0.1, 0.15) is 17.3 Å².